The number of ether oxygens (including phenoxy) is 1. The van der Waals surface area contributed by atoms with Gasteiger partial charge in [-0.3, -0.25) is 0 Å². The Labute approximate surface area is 157 Å². The van der Waals surface area contributed by atoms with Crippen LogP contribution in [-0.4, -0.2) is 25.8 Å². The normalized spacial score (nSPS) is 11.6. The summed E-state index contributed by atoms with van der Waals surface area (Å²) in [6, 6.07) is 15.2. The first-order valence-electron chi connectivity index (χ1n) is 7.51. The van der Waals surface area contributed by atoms with Crippen LogP contribution in [0, 0.1) is 10.1 Å². The van der Waals surface area contributed by atoms with Crippen LogP contribution in [0.25, 0.3) is 5.03 Å². The average Bonchev–Trinajstić information content (AvgIpc) is 2.64. The number of hydrogen-bond donors (Lipinski definition) is 0. The number of rotatable bonds is 7. The summed E-state index contributed by atoms with van der Waals surface area (Å²) in [6.45, 7) is 2.03. The van der Waals surface area contributed by atoms with Crippen LogP contribution in [0.4, 0.5) is 5.69 Å². The number of nitrogens with zero attached hydrogens (tertiary/aromatic N) is 1. The van der Waals surface area contributed by atoms with Crippen molar-refractivity contribution in [3.8, 4) is 0 Å². The second-order valence-corrected chi connectivity index (χ2v) is 7.99. The fourth-order valence-electron chi connectivity index (χ4n) is 2.00. The predicted octanol–water partition coefficient (Wildman–Crippen LogP) is 4.39. The molecule has 0 radical (unpaired) electrons. The number of halogens is 1. The standard InChI is InChI=1S/C18H16ClNO4Se/c1-2-25-17(16(19)14-6-4-3-5-7-14)18(21)24-12-13-8-10-15(11-9-13)20(22)23/h3-11H,2,12H2,1H3/b17-16+. The van der Waals surface area contributed by atoms with Crippen LogP contribution in [0.3, 0.4) is 0 Å². The predicted molar refractivity (Wildman–Crippen MR) is 98.3 cm³/mol. The minimum atomic E-state index is -0.472. The fourth-order valence-corrected chi connectivity index (χ4v) is 3.98. The van der Waals surface area contributed by atoms with E-state index in [9.17, 15) is 14.9 Å². The molecule has 0 amide bonds. The van der Waals surface area contributed by atoms with Crippen molar-refractivity contribution in [2.24, 2.45) is 0 Å². The summed E-state index contributed by atoms with van der Waals surface area (Å²) < 4.78 is 5.84. The molecule has 0 N–H and O–H groups in total. The van der Waals surface area contributed by atoms with Gasteiger partial charge < -0.3 is 0 Å². The Hall–Kier alpha value is -2.14. The number of hydrogen-bond acceptors (Lipinski definition) is 4. The van der Waals surface area contributed by atoms with E-state index in [4.69, 9.17) is 16.3 Å². The van der Waals surface area contributed by atoms with Crippen molar-refractivity contribution >= 4 is 43.2 Å². The summed E-state index contributed by atoms with van der Waals surface area (Å²) in [4.78, 5) is 22.6. The van der Waals surface area contributed by atoms with Gasteiger partial charge in [0.15, 0.2) is 0 Å². The summed E-state index contributed by atoms with van der Waals surface area (Å²) in [5, 5.41) is 11.9. The van der Waals surface area contributed by atoms with Crippen LogP contribution in [0.5, 0.6) is 0 Å². The number of benzene rings is 2. The Morgan fingerprint density at radius 1 is 1.16 bits per heavy atom. The molecule has 0 atom stereocenters. The topological polar surface area (TPSA) is 69.4 Å². The Balaban J connectivity index is 2.11. The van der Waals surface area contributed by atoms with Crippen LogP contribution in [0.15, 0.2) is 59.1 Å². The molecule has 0 aliphatic rings. The van der Waals surface area contributed by atoms with Gasteiger partial charge in [-0.25, -0.2) is 0 Å². The molecule has 7 heteroatoms. The Morgan fingerprint density at radius 2 is 1.80 bits per heavy atom. The average molecular weight is 425 g/mol. The van der Waals surface area contributed by atoms with Gasteiger partial charge in [0, 0.05) is 0 Å². The van der Waals surface area contributed by atoms with Gasteiger partial charge in [-0.2, -0.15) is 0 Å². The first-order valence-corrected chi connectivity index (χ1v) is 9.96. The van der Waals surface area contributed by atoms with E-state index in [0.717, 1.165) is 10.9 Å². The minimum absolute atomic E-state index is 0.00269. The van der Waals surface area contributed by atoms with Gasteiger partial charge in [0.1, 0.15) is 0 Å². The van der Waals surface area contributed by atoms with Gasteiger partial charge >= 0.3 is 157 Å². The zero-order chi connectivity index (χ0) is 18.2. The zero-order valence-corrected chi connectivity index (χ0v) is 15.9. The molecule has 0 unspecified atom stereocenters. The van der Waals surface area contributed by atoms with Crippen molar-refractivity contribution in [3.05, 3.63) is 80.3 Å². The number of carbonyl (C=O) groups is 1. The van der Waals surface area contributed by atoms with Crippen molar-refractivity contribution in [1.82, 2.24) is 0 Å². The summed E-state index contributed by atoms with van der Waals surface area (Å²) in [6.07, 6.45) is 0. The van der Waals surface area contributed by atoms with Gasteiger partial charge in [0.25, 0.3) is 0 Å². The van der Waals surface area contributed by atoms with E-state index in [1.807, 2.05) is 37.3 Å². The third kappa shape index (κ3) is 5.43. The van der Waals surface area contributed by atoms with Crippen LogP contribution in [-0.2, 0) is 16.1 Å². The second kappa shape index (κ2) is 9.37. The van der Waals surface area contributed by atoms with Crippen LogP contribution in [0.1, 0.15) is 18.1 Å². The molecule has 0 saturated carbocycles. The van der Waals surface area contributed by atoms with E-state index in [-0.39, 0.29) is 27.3 Å². The summed E-state index contributed by atoms with van der Waals surface area (Å²) in [5.41, 5.74) is 1.46. The molecule has 0 spiro atoms. The molecule has 0 aliphatic carbocycles. The number of carbonyl (C=O) groups excluding carboxylic acids is 1. The van der Waals surface area contributed by atoms with Gasteiger partial charge in [-0.1, -0.05) is 0 Å². The van der Waals surface area contributed by atoms with Crippen molar-refractivity contribution in [2.45, 2.75) is 18.8 Å². The van der Waals surface area contributed by atoms with E-state index in [0.29, 0.717) is 15.1 Å². The molecule has 0 bridgehead atoms. The summed E-state index contributed by atoms with van der Waals surface area (Å²) in [7, 11) is 0. The van der Waals surface area contributed by atoms with Crippen LogP contribution < -0.4 is 0 Å². The first-order chi connectivity index (χ1) is 12.0. The maximum atomic E-state index is 12.4. The Morgan fingerprint density at radius 3 is 2.36 bits per heavy atom. The van der Waals surface area contributed by atoms with E-state index in [2.05, 4.69) is 0 Å². The summed E-state index contributed by atoms with van der Waals surface area (Å²) >= 11 is 6.30. The first kappa shape index (κ1) is 19.2. The molecule has 2 rings (SSSR count). The van der Waals surface area contributed by atoms with Crippen molar-refractivity contribution in [2.75, 3.05) is 0 Å². The van der Waals surface area contributed by atoms with E-state index < -0.39 is 10.9 Å². The molecule has 130 valence electrons. The molecule has 2 aromatic rings. The number of non-ortho nitro benzene ring substituents is 1. The van der Waals surface area contributed by atoms with Crippen molar-refractivity contribution in [3.63, 3.8) is 0 Å². The van der Waals surface area contributed by atoms with Crippen molar-refractivity contribution < 1.29 is 14.5 Å². The SMILES string of the molecule is CC[Se]/C(C(=O)OCc1ccc([N+](=O)[O-])cc1)=C(/Cl)c1ccccc1. The summed E-state index contributed by atoms with van der Waals surface area (Å²) in [5.74, 6) is -0.450. The van der Waals surface area contributed by atoms with Gasteiger partial charge in [-0.05, 0) is 0 Å². The van der Waals surface area contributed by atoms with Gasteiger partial charge in [-0.15, -0.1) is 0 Å². The second-order valence-electron chi connectivity index (χ2n) is 4.94. The zero-order valence-electron chi connectivity index (χ0n) is 13.5. The number of nitro groups is 1. The molecule has 2 aromatic carbocycles. The Kier molecular flexibility index (Phi) is 7.19. The van der Waals surface area contributed by atoms with Crippen LogP contribution in [0.2, 0.25) is 5.32 Å². The number of nitro benzene ring substituents is 1. The molecular formula is C18H16ClNO4Se. The molecular weight excluding hydrogens is 409 g/mol. The third-order valence-electron chi connectivity index (χ3n) is 3.22. The molecule has 25 heavy (non-hydrogen) atoms. The molecule has 0 saturated heterocycles. The van der Waals surface area contributed by atoms with E-state index >= 15 is 0 Å². The molecule has 0 heterocycles. The maximum absolute atomic E-state index is 12.4. The Bertz CT molecular complexity index is 775. The van der Waals surface area contributed by atoms with Gasteiger partial charge in [0.2, 0.25) is 0 Å². The van der Waals surface area contributed by atoms with E-state index in [1.54, 1.807) is 12.1 Å². The quantitative estimate of drug-likeness (QED) is 0.217. The molecule has 0 fully saturated rings. The van der Waals surface area contributed by atoms with E-state index in [1.165, 1.54) is 12.1 Å². The third-order valence-corrected chi connectivity index (χ3v) is 5.87. The van der Waals surface area contributed by atoms with Crippen LogP contribution >= 0.6 is 11.6 Å². The van der Waals surface area contributed by atoms with Crippen molar-refractivity contribution in [1.29, 1.82) is 0 Å². The number of esters is 1. The molecule has 0 aromatic heterocycles. The van der Waals surface area contributed by atoms with Gasteiger partial charge in [0.05, 0.1) is 0 Å². The fraction of sp³-hybridized carbons (Fsp3) is 0.167. The molecule has 5 nitrogen and oxygen atoms in total. The molecule has 0 aliphatic heterocycles. The monoisotopic (exact) mass is 425 g/mol.